The van der Waals surface area contributed by atoms with Crippen LogP contribution in [0.15, 0.2) is 0 Å². The van der Waals surface area contributed by atoms with Gasteiger partial charge in [0.05, 0.1) is 0 Å². The van der Waals surface area contributed by atoms with Gasteiger partial charge in [0.1, 0.15) is 0 Å². The largest absolute Gasteiger partial charge is 0.326 e. The Labute approximate surface area is 102 Å². The third kappa shape index (κ3) is 2.60. The van der Waals surface area contributed by atoms with Gasteiger partial charge in [-0.15, -0.1) is 0 Å². The molecule has 0 radical (unpaired) electrons. The van der Waals surface area contributed by atoms with Gasteiger partial charge in [0.15, 0.2) is 0 Å². The molecule has 0 bridgehead atoms. The van der Waals surface area contributed by atoms with E-state index in [4.69, 9.17) is 5.73 Å². The quantitative estimate of drug-likeness (QED) is 0.781. The van der Waals surface area contributed by atoms with E-state index < -0.39 is 0 Å². The zero-order chi connectivity index (χ0) is 12.2. The minimum atomic E-state index is 0.210. The molecule has 1 unspecified atom stereocenters. The minimum Gasteiger partial charge on any atom is -0.326 e. The second kappa shape index (κ2) is 6.02. The predicted octanol–water partition coefficient (Wildman–Crippen LogP) is 3.01. The summed E-state index contributed by atoms with van der Waals surface area (Å²) in [6, 6.07) is 0.345. The van der Waals surface area contributed by atoms with Crippen molar-refractivity contribution in [2.24, 2.45) is 11.7 Å². The van der Waals surface area contributed by atoms with Crippen LogP contribution in [0.2, 0.25) is 0 Å². The third-order valence-electron chi connectivity index (χ3n) is 4.89. The highest BCUT2D eigenvalue weighted by atomic mass is 15.2. The Balaban J connectivity index is 2.76. The number of hydrogen-bond donors (Lipinski definition) is 1. The Kier molecular flexibility index (Phi) is 5.26. The highest BCUT2D eigenvalue weighted by Crippen LogP contribution is 2.35. The van der Waals surface area contributed by atoms with Gasteiger partial charge in [-0.3, -0.25) is 0 Å². The summed E-state index contributed by atoms with van der Waals surface area (Å²) in [6.07, 6.45) is 9.19. The van der Waals surface area contributed by atoms with Crippen LogP contribution in [0.4, 0.5) is 0 Å². The molecule has 1 atom stereocenters. The van der Waals surface area contributed by atoms with E-state index in [9.17, 15) is 0 Å². The second-order valence-corrected chi connectivity index (χ2v) is 5.63. The van der Waals surface area contributed by atoms with Crippen LogP contribution in [0.3, 0.4) is 0 Å². The van der Waals surface area contributed by atoms with Gasteiger partial charge in [-0.1, -0.05) is 33.1 Å². The maximum atomic E-state index is 6.61. The Morgan fingerprint density at radius 2 is 1.62 bits per heavy atom. The van der Waals surface area contributed by atoms with Crippen molar-refractivity contribution in [2.75, 3.05) is 14.1 Å². The number of nitrogens with zero attached hydrogens (tertiary/aromatic N) is 1. The number of nitrogens with two attached hydrogens (primary N) is 1. The molecule has 0 aromatic rings. The molecule has 16 heavy (non-hydrogen) atoms. The smallest absolute Gasteiger partial charge is 0.0351 e. The van der Waals surface area contributed by atoms with Gasteiger partial charge >= 0.3 is 0 Å². The maximum Gasteiger partial charge on any atom is 0.0351 e. The van der Waals surface area contributed by atoms with Gasteiger partial charge in [0.25, 0.3) is 0 Å². The SMILES string of the molecule is CCC(CC)(C(N)C1CCCCC1)N(C)C. The Bertz CT molecular complexity index is 191. The fraction of sp³-hybridized carbons (Fsp3) is 1.00. The summed E-state index contributed by atoms with van der Waals surface area (Å²) < 4.78 is 0. The lowest BCUT2D eigenvalue weighted by Gasteiger charge is -2.47. The van der Waals surface area contributed by atoms with Gasteiger partial charge in [0, 0.05) is 11.6 Å². The molecule has 1 rings (SSSR count). The predicted molar refractivity (Wildman–Crippen MR) is 71.6 cm³/mol. The fourth-order valence-corrected chi connectivity index (χ4v) is 3.58. The molecule has 0 heterocycles. The van der Waals surface area contributed by atoms with Crippen LogP contribution in [-0.4, -0.2) is 30.6 Å². The van der Waals surface area contributed by atoms with E-state index in [1.165, 1.54) is 32.1 Å². The van der Waals surface area contributed by atoms with Crippen LogP contribution in [0.25, 0.3) is 0 Å². The minimum absolute atomic E-state index is 0.210. The molecular formula is C14H30N2. The number of rotatable bonds is 5. The van der Waals surface area contributed by atoms with Crippen LogP contribution in [0.5, 0.6) is 0 Å². The molecule has 96 valence electrons. The lowest BCUT2D eigenvalue weighted by atomic mass is 9.72. The van der Waals surface area contributed by atoms with Crippen LogP contribution < -0.4 is 5.73 Å². The summed E-state index contributed by atoms with van der Waals surface area (Å²) in [6.45, 7) is 4.57. The summed E-state index contributed by atoms with van der Waals surface area (Å²) in [7, 11) is 4.38. The molecule has 2 heteroatoms. The van der Waals surface area contributed by atoms with Gasteiger partial charge in [-0.25, -0.2) is 0 Å². The van der Waals surface area contributed by atoms with Crippen LogP contribution in [0, 0.1) is 5.92 Å². The molecule has 1 aliphatic rings. The van der Waals surface area contributed by atoms with Crippen molar-refractivity contribution in [3.05, 3.63) is 0 Å². The van der Waals surface area contributed by atoms with E-state index in [1.807, 2.05) is 0 Å². The van der Waals surface area contributed by atoms with Gasteiger partial charge in [-0.2, -0.15) is 0 Å². The third-order valence-corrected chi connectivity index (χ3v) is 4.89. The first-order chi connectivity index (χ1) is 7.58. The van der Waals surface area contributed by atoms with Gasteiger partial charge in [-0.05, 0) is 45.7 Å². The molecule has 2 N–H and O–H groups in total. The molecule has 1 aliphatic carbocycles. The normalized spacial score (nSPS) is 21.4. The van der Waals surface area contributed by atoms with Crippen molar-refractivity contribution < 1.29 is 0 Å². The zero-order valence-electron chi connectivity index (χ0n) is 11.6. The first-order valence-corrected chi connectivity index (χ1v) is 7.01. The molecule has 1 saturated carbocycles. The van der Waals surface area contributed by atoms with E-state index in [2.05, 4.69) is 32.8 Å². The van der Waals surface area contributed by atoms with Crippen molar-refractivity contribution in [1.29, 1.82) is 0 Å². The monoisotopic (exact) mass is 226 g/mol. The summed E-state index contributed by atoms with van der Waals surface area (Å²) in [5.41, 5.74) is 6.82. The van der Waals surface area contributed by atoms with Gasteiger partial charge < -0.3 is 10.6 Å². The summed E-state index contributed by atoms with van der Waals surface area (Å²) in [5, 5.41) is 0. The lowest BCUT2D eigenvalue weighted by molar-refractivity contribution is 0.0679. The number of likely N-dealkylation sites (N-methyl/N-ethyl adjacent to an activating group) is 1. The highest BCUT2D eigenvalue weighted by Gasteiger charge is 2.39. The van der Waals surface area contributed by atoms with E-state index in [-0.39, 0.29) is 5.54 Å². The average molecular weight is 226 g/mol. The van der Waals surface area contributed by atoms with E-state index in [0.717, 1.165) is 18.8 Å². The lowest BCUT2D eigenvalue weighted by Crippen LogP contribution is -2.59. The average Bonchev–Trinajstić information content (AvgIpc) is 2.32. The Morgan fingerprint density at radius 3 is 2.00 bits per heavy atom. The van der Waals surface area contributed by atoms with E-state index >= 15 is 0 Å². The van der Waals surface area contributed by atoms with Gasteiger partial charge in [0.2, 0.25) is 0 Å². The first kappa shape index (κ1) is 14.0. The fourth-order valence-electron chi connectivity index (χ4n) is 3.58. The summed E-state index contributed by atoms with van der Waals surface area (Å²) >= 11 is 0. The topological polar surface area (TPSA) is 29.3 Å². The Morgan fingerprint density at radius 1 is 1.12 bits per heavy atom. The van der Waals surface area contributed by atoms with Crippen LogP contribution in [0.1, 0.15) is 58.8 Å². The highest BCUT2D eigenvalue weighted by molar-refractivity contribution is 4.98. The Hall–Kier alpha value is -0.0800. The molecule has 0 spiro atoms. The zero-order valence-corrected chi connectivity index (χ0v) is 11.6. The van der Waals surface area contributed by atoms with Crippen molar-refractivity contribution >= 4 is 0 Å². The molecule has 0 aliphatic heterocycles. The standard InChI is InChI=1S/C14H30N2/c1-5-14(6-2,16(3)4)13(15)12-10-8-7-9-11-12/h12-13H,5-11,15H2,1-4H3. The summed E-state index contributed by atoms with van der Waals surface area (Å²) in [4.78, 5) is 2.37. The summed E-state index contributed by atoms with van der Waals surface area (Å²) in [5.74, 6) is 0.746. The van der Waals surface area contributed by atoms with Crippen LogP contribution in [-0.2, 0) is 0 Å². The molecule has 0 aromatic carbocycles. The first-order valence-electron chi connectivity index (χ1n) is 7.01. The molecule has 2 nitrogen and oxygen atoms in total. The van der Waals surface area contributed by atoms with Crippen molar-refractivity contribution in [1.82, 2.24) is 4.90 Å². The van der Waals surface area contributed by atoms with E-state index in [0.29, 0.717) is 6.04 Å². The van der Waals surface area contributed by atoms with Crippen molar-refractivity contribution in [3.63, 3.8) is 0 Å². The van der Waals surface area contributed by atoms with Crippen molar-refractivity contribution in [3.8, 4) is 0 Å². The molecule has 0 saturated heterocycles. The molecule has 0 aromatic heterocycles. The van der Waals surface area contributed by atoms with Crippen LogP contribution >= 0.6 is 0 Å². The maximum absolute atomic E-state index is 6.61. The second-order valence-electron chi connectivity index (χ2n) is 5.63. The van der Waals surface area contributed by atoms with Crippen molar-refractivity contribution in [2.45, 2.75) is 70.4 Å². The molecular weight excluding hydrogens is 196 g/mol. The van der Waals surface area contributed by atoms with E-state index in [1.54, 1.807) is 0 Å². The number of hydrogen-bond acceptors (Lipinski definition) is 2. The molecule has 1 fully saturated rings. The molecule has 0 amide bonds.